The van der Waals surface area contributed by atoms with E-state index in [1.54, 1.807) is 0 Å². The Morgan fingerprint density at radius 1 is 0.897 bits per heavy atom. The highest BCUT2D eigenvalue weighted by Crippen LogP contribution is 2.31. The standard InChI is InChI=1S/C24H21N3OS/c1-16-10-6-8-14-20(16)26-23(28)17(2)29-24-19-13-7-9-15-21(19)25-22(27-24)18-11-4-3-5-12-18/h3-15,17H,1-2H3,(H,26,28)/t17-/m0/s1. The molecule has 1 N–H and O–H groups in total. The third-order valence-corrected chi connectivity index (χ3v) is 5.76. The molecule has 0 saturated heterocycles. The minimum absolute atomic E-state index is 0.0479. The highest BCUT2D eigenvalue weighted by molar-refractivity contribution is 8.00. The monoisotopic (exact) mass is 399 g/mol. The van der Waals surface area contributed by atoms with Crippen LogP contribution in [0.25, 0.3) is 22.3 Å². The number of aromatic nitrogens is 2. The van der Waals surface area contributed by atoms with Crippen molar-refractivity contribution in [1.29, 1.82) is 0 Å². The van der Waals surface area contributed by atoms with E-state index in [0.717, 1.165) is 32.7 Å². The molecule has 0 aliphatic carbocycles. The maximum absolute atomic E-state index is 12.8. The van der Waals surface area contributed by atoms with Crippen molar-refractivity contribution in [2.75, 3.05) is 5.32 Å². The molecule has 29 heavy (non-hydrogen) atoms. The predicted molar refractivity (Wildman–Crippen MR) is 120 cm³/mol. The molecule has 0 radical (unpaired) electrons. The molecule has 1 atom stereocenters. The summed E-state index contributed by atoms with van der Waals surface area (Å²) in [6.45, 7) is 3.88. The fourth-order valence-corrected chi connectivity index (χ4v) is 3.96. The maximum Gasteiger partial charge on any atom is 0.237 e. The summed E-state index contributed by atoms with van der Waals surface area (Å²) in [6.07, 6.45) is 0. The molecule has 3 aromatic carbocycles. The molecule has 0 saturated carbocycles. The molecule has 0 unspecified atom stereocenters. The number of anilines is 1. The summed E-state index contributed by atoms with van der Waals surface area (Å²) in [5, 5.41) is 4.47. The van der Waals surface area contributed by atoms with E-state index >= 15 is 0 Å². The summed E-state index contributed by atoms with van der Waals surface area (Å²) in [5.41, 5.74) is 3.70. The molecule has 144 valence electrons. The number of para-hydroxylation sites is 2. The first-order valence-corrected chi connectivity index (χ1v) is 10.3. The van der Waals surface area contributed by atoms with Crippen molar-refractivity contribution in [3.8, 4) is 11.4 Å². The summed E-state index contributed by atoms with van der Waals surface area (Å²) in [6, 6.07) is 25.6. The van der Waals surface area contributed by atoms with Crippen LogP contribution >= 0.6 is 11.8 Å². The van der Waals surface area contributed by atoms with E-state index < -0.39 is 0 Å². The van der Waals surface area contributed by atoms with Crippen molar-refractivity contribution in [3.05, 3.63) is 84.4 Å². The molecule has 0 aliphatic heterocycles. The number of benzene rings is 3. The Morgan fingerprint density at radius 3 is 2.38 bits per heavy atom. The van der Waals surface area contributed by atoms with Gasteiger partial charge in [0.2, 0.25) is 5.91 Å². The molecule has 0 fully saturated rings. The van der Waals surface area contributed by atoms with Gasteiger partial charge in [-0.05, 0) is 31.5 Å². The second-order valence-corrected chi connectivity index (χ2v) is 8.13. The lowest BCUT2D eigenvalue weighted by atomic mass is 10.2. The number of carbonyl (C=O) groups is 1. The van der Waals surface area contributed by atoms with Crippen LogP contribution in [0, 0.1) is 6.92 Å². The third kappa shape index (κ3) is 4.30. The Bertz CT molecular complexity index is 1160. The van der Waals surface area contributed by atoms with E-state index in [-0.39, 0.29) is 11.2 Å². The molecular formula is C24H21N3OS. The van der Waals surface area contributed by atoms with Gasteiger partial charge < -0.3 is 5.32 Å². The molecule has 1 heterocycles. The van der Waals surface area contributed by atoms with Crippen molar-refractivity contribution in [1.82, 2.24) is 9.97 Å². The number of amides is 1. The number of nitrogens with one attached hydrogen (secondary N) is 1. The number of rotatable bonds is 5. The van der Waals surface area contributed by atoms with Gasteiger partial charge >= 0.3 is 0 Å². The smallest absolute Gasteiger partial charge is 0.237 e. The Labute approximate surface area is 174 Å². The Kier molecular flexibility index (Phi) is 5.58. The largest absolute Gasteiger partial charge is 0.325 e. The normalized spacial score (nSPS) is 11.9. The number of carbonyl (C=O) groups excluding carboxylic acids is 1. The Morgan fingerprint density at radius 2 is 1.59 bits per heavy atom. The molecule has 0 spiro atoms. The van der Waals surface area contributed by atoms with Crippen molar-refractivity contribution < 1.29 is 4.79 Å². The molecular weight excluding hydrogens is 378 g/mol. The molecule has 0 aliphatic rings. The van der Waals surface area contributed by atoms with Crippen molar-refractivity contribution in [2.45, 2.75) is 24.1 Å². The van der Waals surface area contributed by atoms with Crippen molar-refractivity contribution in [3.63, 3.8) is 0 Å². The highest BCUT2D eigenvalue weighted by Gasteiger charge is 2.19. The SMILES string of the molecule is Cc1ccccc1NC(=O)[C@H](C)Sc1nc(-c2ccccc2)nc2ccccc12. The third-order valence-electron chi connectivity index (χ3n) is 4.66. The van der Waals surface area contributed by atoms with E-state index in [1.165, 1.54) is 11.8 Å². The van der Waals surface area contributed by atoms with E-state index in [2.05, 4.69) is 5.32 Å². The van der Waals surface area contributed by atoms with E-state index in [4.69, 9.17) is 9.97 Å². The number of nitrogens with zero attached hydrogens (tertiary/aromatic N) is 2. The number of hydrogen-bond donors (Lipinski definition) is 1. The number of hydrogen-bond acceptors (Lipinski definition) is 4. The lowest BCUT2D eigenvalue weighted by Crippen LogP contribution is -2.23. The molecule has 5 heteroatoms. The summed E-state index contributed by atoms with van der Waals surface area (Å²) in [4.78, 5) is 22.3. The molecule has 1 aromatic heterocycles. The van der Waals surface area contributed by atoms with Crippen LogP contribution < -0.4 is 5.32 Å². The highest BCUT2D eigenvalue weighted by atomic mass is 32.2. The fraction of sp³-hybridized carbons (Fsp3) is 0.125. The van der Waals surface area contributed by atoms with Gasteiger partial charge in [-0.2, -0.15) is 0 Å². The fourth-order valence-electron chi connectivity index (χ4n) is 3.02. The van der Waals surface area contributed by atoms with Gasteiger partial charge in [-0.15, -0.1) is 0 Å². The van der Waals surface area contributed by atoms with Crippen LogP contribution in [0.3, 0.4) is 0 Å². The first kappa shape index (κ1) is 19.2. The lowest BCUT2D eigenvalue weighted by Gasteiger charge is -2.15. The number of fused-ring (bicyclic) bond motifs is 1. The van der Waals surface area contributed by atoms with Gasteiger partial charge in [0.1, 0.15) is 5.03 Å². The van der Waals surface area contributed by atoms with Gasteiger partial charge in [0.25, 0.3) is 0 Å². The predicted octanol–water partition coefficient (Wildman–Crippen LogP) is 5.72. The second-order valence-electron chi connectivity index (χ2n) is 6.80. The van der Waals surface area contributed by atoms with Gasteiger partial charge in [-0.25, -0.2) is 9.97 Å². The van der Waals surface area contributed by atoms with E-state index in [9.17, 15) is 4.79 Å². The zero-order valence-corrected chi connectivity index (χ0v) is 17.1. The van der Waals surface area contributed by atoms with Crippen LogP contribution in [-0.4, -0.2) is 21.1 Å². The van der Waals surface area contributed by atoms with E-state index in [1.807, 2.05) is 92.7 Å². The van der Waals surface area contributed by atoms with Crippen LogP contribution in [0.15, 0.2) is 83.9 Å². The van der Waals surface area contributed by atoms with Crippen molar-refractivity contribution >= 4 is 34.3 Å². The van der Waals surface area contributed by atoms with Gasteiger partial charge in [-0.1, -0.05) is 78.5 Å². The average molecular weight is 400 g/mol. The molecule has 4 rings (SSSR count). The second kappa shape index (κ2) is 8.45. The number of thioether (sulfide) groups is 1. The number of aryl methyl sites for hydroxylation is 1. The van der Waals surface area contributed by atoms with Gasteiger partial charge in [0.15, 0.2) is 5.82 Å². The lowest BCUT2D eigenvalue weighted by molar-refractivity contribution is -0.115. The van der Waals surface area contributed by atoms with Crippen LogP contribution in [0.5, 0.6) is 0 Å². The first-order chi connectivity index (χ1) is 14.1. The van der Waals surface area contributed by atoms with Gasteiger partial charge in [0, 0.05) is 16.6 Å². The van der Waals surface area contributed by atoms with Crippen molar-refractivity contribution in [2.24, 2.45) is 0 Å². The summed E-state index contributed by atoms with van der Waals surface area (Å²) in [5.74, 6) is 0.617. The molecule has 0 bridgehead atoms. The van der Waals surface area contributed by atoms with Crippen LogP contribution in [-0.2, 0) is 4.79 Å². The van der Waals surface area contributed by atoms with E-state index in [0.29, 0.717) is 5.82 Å². The minimum Gasteiger partial charge on any atom is -0.325 e. The summed E-state index contributed by atoms with van der Waals surface area (Å²) >= 11 is 1.45. The van der Waals surface area contributed by atoms with Crippen LogP contribution in [0.2, 0.25) is 0 Å². The maximum atomic E-state index is 12.8. The Balaban J connectivity index is 1.64. The van der Waals surface area contributed by atoms with Crippen LogP contribution in [0.1, 0.15) is 12.5 Å². The quantitative estimate of drug-likeness (QED) is 0.344. The zero-order chi connectivity index (χ0) is 20.2. The van der Waals surface area contributed by atoms with Gasteiger partial charge in [-0.3, -0.25) is 4.79 Å². The molecule has 1 amide bonds. The average Bonchev–Trinajstić information content (AvgIpc) is 2.75. The molecule has 4 aromatic rings. The topological polar surface area (TPSA) is 54.9 Å². The zero-order valence-electron chi connectivity index (χ0n) is 16.3. The summed E-state index contributed by atoms with van der Waals surface area (Å²) in [7, 11) is 0. The molecule has 4 nitrogen and oxygen atoms in total. The summed E-state index contributed by atoms with van der Waals surface area (Å²) < 4.78 is 0. The first-order valence-electron chi connectivity index (χ1n) is 9.47. The Hall–Kier alpha value is -3.18. The van der Waals surface area contributed by atoms with Crippen LogP contribution in [0.4, 0.5) is 5.69 Å². The van der Waals surface area contributed by atoms with Gasteiger partial charge in [0.05, 0.1) is 10.8 Å². The minimum atomic E-state index is -0.309.